The van der Waals surface area contributed by atoms with Crippen LogP contribution in [0.4, 0.5) is 5.95 Å². The number of carbonyl (C=O) groups is 1. The standard InChI is InChI=1S/C10H13ClN8O/c1-5(2)6(7(12)20)15-9-16-8(11)17-10(18-9)19-4-13-3-14-19/h3-6H,1-2H3,(H2,12,20)(H,15,16,17,18). The van der Waals surface area contributed by atoms with Crippen LogP contribution in [0.3, 0.4) is 0 Å². The van der Waals surface area contributed by atoms with Crippen LogP contribution in [0.1, 0.15) is 13.8 Å². The molecule has 0 spiro atoms. The molecule has 1 atom stereocenters. The number of nitrogens with one attached hydrogen (secondary N) is 1. The fraction of sp³-hybridized carbons (Fsp3) is 0.400. The Labute approximate surface area is 119 Å². The number of primary amides is 1. The van der Waals surface area contributed by atoms with Gasteiger partial charge >= 0.3 is 0 Å². The van der Waals surface area contributed by atoms with E-state index in [1.54, 1.807) is 0 Å². The first kappa shape index (κ1) is 14.1. The molecule has 3 N–H and O–H groups in total. The largest absolute Gasteiger partial charge is 0.368 e. The molecule has 1 unspecified atom stereocenters. The van der Waals surface area contributed by atoms with Gasteiger partial charge in [0.05, 0.1) is 0 Å². The third kappa shape index (κ3) is 3.18. The highest BCUT2D eigenvalue weighted by atomic mass is 35.5. The second-order valence-corrected chi connectivity index (χ2v) is 4.67. The second kappa shape index (κ2) is 5.78. The van der Waals surface area contributed by atoms with E-state index in [-0.39, 0.29) is 23.1 Å². The lowest BCUT2D eigenvalue weighted by molar-refractivity contribution is -0.119. The molecule has 106 valence electrons. The average molecular weight is 297 g/mol. The molecule has 20 heavy (non-hydrogen) atoms. The summed E-state index contributed by atoms with van der Waals surface area (Å²) in [5.41, 5.74) is 5.32. The van der Waals surface area contributed by atoms with Gasteiger partial charge in [-0.25, -0.2) is 4.98 Å². The number of halogens is 1. The predicted molar refractivity (Wildman–Crippen MR) is 71.2 cm³/mol. The van der Waals surface area contributed by atoms with Gasteiger partial charge in [0.1, 0.15) is 18.7 Å². The van der Waals surface area contributed by atoms with E-state index in [1.165, 1.54) is 17.3 Å². The number of nitrogens with zero attached hydrogens (tertiary/aromatic N) is 6. The normalized spacial score (nSPS) is 12.4. The molecule has 1 amide bonds. The highest BCUT2D eigenvalue weighted by Crippen LogP contribution is 2.12. The fourth-order valence-electron chi connectivity index (χ4n) is 1.52. The van der Waals surface area contributed by atoms with Gasteiger partial charge in [0.2, 0.25) is 17.1 Å². The van der Waals surface area contributed by atoms with E-state index in [9.17, 15) is 4.79 Å². The number of hydrogen-bond donors (Lipinski definition) is 2. The Kier molecular flexibility index (Phi) is 4.08. The molecule has 0 bridgehead atoms. The Bertz CT molecular complexity index is 599. The first-order chi connectivity index (χ1) is 9.47. The summed E-state index contributed by atoms with van der Waals surface area (Å²) >= 11 is 5.83. The number of nitrogens with two attached hydrogens (primary N) is 1. The molecule has 2 aromatic heterocycles. The summed E-state index contributed by atoms with van der Waals surface area (Å²) in [4.78, 5) is 27.1. The smallest absolute Gasteiger partial charge is 0.258 e. The Morgan fingerprint density at radius 1 is 1.40 bits per heavy atom. The van der Waals surface area contributed by atoms with Crippen molar-refractivity contribution in [3.05, 3.63) is 17.9 Å². The van der Waals surface area contributed by atoms with Crippen molar-refractivity contribution in [3.8, 4) is 5.95 Å². The van der Waals surface area contributed by atoms with Crippen LogP contribution in [-0.4, -0.2) is 41.7 Å². The summed E-state index contributed by atoms with van der Waals surface area (Å²) in [7, 11) is 0. The molecule has 10 heteroatoms. The van der Waals surface area contributed by atoms with Crippen molar-refractivity contribution in [1.82, 2.24) is 29.7 Å². The number of hydrogen-bond acceptors (Lipinski definition) is 7. The van der Waals surface area contributed by atoms with Gasteiger partial charge in [-0.3, -0.25) is 4.79 Å². The lowest BCUT2D eigenvalue weighted by Crippen LogP contribution is -2.40. The van der Waals surface area contributed by atoms with Crippen LogP contribution in [0.2, 0.25) is 5.28 Å². The highest BCUT2D eigenvalue weighted by Gasteiger charge is 2.21. The molecule has 9 nitrogen and oxygen atoms in total. The molecule has 0 saturated carbocycles. The van der Waals surface area contributed by atoms with Crippen LogP contribution in [0.15, 0.2) is 12.7 Å². The molecule has 2 aromatic rings. The molecular weight excluding hydrogens is 284 g/mol. The number of aromatic nitrogens is 6. The van der Waals surface area contributed by atoms with Gasteiger partial charge in [0.25, 0.3) is 5.95 Å². The molecule has 0 radical (unpaired) electrons. The molecule has 0 aliphatic rings. The Balaban J connectivity index is 2.31. The molecule has 0 saturated heterocycles. The Hall–Kier alpha value is -2.29. The minimum atomic E-state index is -0.614. The van der Waals surface area contributed by atoms with E-state index in [2.05, 4.69) is 30.4 Å². The molecule has 0 fully saturated rings. The zero-order valence-electron chi connectivity index (χ0n) is 10.9. The highest BCUT2D eigenvalue weighted by molar-refractivity contribution is 6.28. The zero-order chi connectivity index (χ0) is 14.7. The van der Waals surface area contributed by atoms with E-state index < -0.39 is 11.9 Å². The third-order valence-electron chi connectivity index (χ3n) is 2.48. The SMILES string of the molecule is CC(C)C(Nc1nc(Cl)nc(-n2cncn2)n1)C(N)=O. The van der Waals surface area contributed by atoms with E-state index in [1.807, 2.05) is 13.8 Å². The fourth-order valence-corrected chi connectivity index (χ4v) is 1.68. The molecular formula is C10H13ClN8O. The first-order valence-electron chi connectivity index (χ1n) is 5.80. The molecule has 0 aromatic carbocycles. The maximum Gasteiger partial charge on any atom is 0.258 e. The van der Waals surface area contributed by atoms with Crippen molar-refractivity contribution in [1.29, 1.82) is 0 Å². The van der Waals surface area contributed by atoms with Crippen LogP contribution in [0.25, 0.3) is 5.95 Å². The van der Waals surface area contributed by atoms with Gasteiger partial charge in [0, 0.05) is 0 Å². The molecule has 0 aliphatic heterocycles. The second-order valence-electron chi connectivity index (χ2n) is 4.34. The van der Waals surface area contributed by atoms with Crippen molar-refractivity contribution in [2.45, 2.75) is 19.9 Å². The number of amides is 1. The van der Waals surface area contributed by atoms with E-state index in [0.29, 0.717) is 0 Å². The van der Waals surface area contributed by atoms with Crippen LogP contribution >= 0.6 is 11.6 Å². The van der Waals surface area contributed by atoms with Crippen molar-refractivity contribution in [2.24, 2.45) is 11.7 Å². The summed E-state index contributed by atoms with van der Waals surface area (Å²) in [6.45, 7) is 3.70. The van der Waals surface area contributed by atoms with Crippen LogP contribution in [0.5, 0.6) is 0 Å². The van der Waals surface area contributed by atoms with Gasteiger partial charge in [-0.15, -0.1) is 0 Å². The van der Waals surface area contributed by atoms with Gasteiger partial charge in [-0.05, 0) is 17.5 Å². The third-order valence-corrected chi connectivity index (χ3v) is 2.65. The summed E-state index contributed by atoms with van der Waals surface area (Å²) in [6.07, 6.45) is 2.76. The number of carbonyl (C=O) groups excluding carboxylic acids is 1. The Morgan fingerprint density at radius 3 is 2.70 bits per heavy atom. The van der Waals surface area contributed by atoms with Crippen molar-refractivity contribution < 1.29 is 4.79 Å². The molecule has 0 aliphatic carbocycles. The van der Waals surface area contributed by atoms with Gasteiger partial charge in [-0.1, -0.05) is 13.8 Å². The lowest BCUT2D eigenvalue weighted by Gasteiger charge is -2.18. The molecule has 2 rings (SSSR count). The monoisotopic (exact) mass is 296 g/mol. The summed E-state index contributed by atoms with van der Waals surface area (Å²) < 4.78 is 1.33. The number of rotatable bonds is 5. The minimum Gasteiger partial charge on any atom is -0.368 e. The first-order valence-corrected chi connectivity index (χ1v) is 6.17. The van der Waals surface area contributed by atoms with Crippen molar-refractivity contribution >= 4 is 23.5 Å². The van der Waals surface area contributed by atoms with E-state index >= 15 is 0 Å². The van der Waals surface area contributed by atoms with Crippen molar-refractivity contribution in [2.75, 3.05) is 5.32 Å². The minimum absolute atomic E-state index is 0.0278. The van der Waals surface area contributed by atoms with Crippen LogP contribution in [-0.2, 0) is 4.79 Å². The quantitative estimate of drug-likeness (QED) is 0.797. The maximum absolute atomic E-state index is 11.4. The number of anilines is 1. The average Bonchev–Trinajstić information content (AvgIpc) is 2.88. The summed E-state index contributed by atoms with van der Waals surface area (Å²) in [5.74, 6) is -0.193. The Morgan fingerprint density at radius 2 is 2.15 bits per heavy atom. The van der Waals surface area contributed by atoms with Crippen LogP contribution < -0.4 is 11.1 Å². The van der Waals surface area contributed by atoms with Crippen LogP contribution in [0, 0.1) is 5.92 Å². The lowest BCUT2D eigenvalue weighted by atomic mass is 10.0. The van der Waals surface area contributed by atoms with E-state index in [4.69, 9.17) is 17.3 Å². The van der Waals surface area contributed by atoms with Crippen molar-refractivity contribution in [3.63, 3.8) is 0 Å². The predicted octanol–water partition coefficient (Wildman–Crippen LogP) is 0.0275. The van der Waals surface area contributed by atoms with Gasteiger partial charge in [0.15, 0.2) is 0 Å². The summed E-state index contributed by atoms with van der Waals surface area (Å²) in [5, 5.41) is 6.70. The van der Waals surface area contributed by atoms with Gasteiger partial charge < -0.3 is 11.1 Å². The molecule has 2 heterocycles. The van der Waals surface area contributed by atoms with E-state index in [0.717, 1.165) is 0 Å². The summed E-state index contributed by atoms with van der Waals surface area (Å²) in [6, 6.07) is -0.614. The van der Waals surface area contributed by atoms with Gasteiger partial charge in [-0.2, -0.15) is 24.7 Å². The zero-order valence-corrected chi connectivity index (χ0v) is 11.6. The topological polar surface area (TPSA) is 124 Å². The maximum atomic E-state index is 11.4.